The lowest BCUT2D eigenvalue weighted by Crippen LogP contribution is -2.41. The predicted octanol–water partition coefficient (Wildman–Crippen LogP) is 0.901. The van der Waals surface area contributed by atoms with Crippen LogP contribution in [0.1, 0.15) is 32.1 Å². The lowest BCUT2D eigenvalue weighted by molar-refractivity contribution is 0.0286. The summed E-state index contributed by atoms with van der Waals surface area (Å²) >= 11 is 0. The summed E-state index contributed by atoms with van der Waals surface area (Å²) in [6.45, 7) is 2.22. The van der Waals surface area contributed by atoms with E-state index in [0.717, 1.165) is 19.5 Å². The fourth-order valence-electron chi connectivity index (χ4n) is 2.63. The summed E-state index contributed by atoms with van der Waals surface area (Å²) in [7, 11) is 0. The van der Waals surface area contributed by atoms with Crippen molar-refractivity contribution >= 4 is 0 Å². The molecule has 0 bridgehead atoms. The van der Waals surface area contributed by atoms with Crippen LogP contribution in [-0.4, -0.2) is 24.3 Å². The van der Waals surface area contributed by atoms with Gasteiger partial charge in [0.25, 0.3) is 0 Å². The van der Waals surface area contributed by atoms with Crippen LogP contribution in [0, 0.1) is 5.41 Å². The molecule has 1 atom stereocenters. The van der Waals surface area contributed by atoms with E-state index in [1.54, 1.807) is 0 Å². The van der Waals surface area contributed by atoms with Crippen molar-refractivity contribution in [2.75, 3.05) is 13.1 Å². The Labute approximate surface area is 68.0 Å². The van der Waals surface area contributed by atoms with Gasteiger partial charge in [-0.05, 0) is 44.2 Å². The predicted molar refractivity (Wildman–Crippen MR) is 44.4 cm³/mol. The summed E-state index contributed by atoms with van der Waals surface area (Å²) in [4.78, 5) is 0. The Bertz CT molecular complexity index is 140. The number of rotatable bonds is 0. The molecule has 0 aromatic heterocycles. The Balaban J connectivity index is 2.06. The second kappa shape index (κ2) is 2.76. The second-order valence-electron chi connectivity index (χ2n) is 4.02. The molecule has 0 aromatic carbocycles. The molecule has 64 valence electrons. The van der Waals surface area contributed by atoms with Crippen molar-refractivity contribution in [2.24, 2.45) is 5.41 Å². The van der Waals surface area contributed by atoms with Gasteiger partial charge in [0, 0.05) is 0 Å². The monoisotopic (exact) mass is 155 g/mol. The third-order valence-corrected chi connectivity index (χ3v) is 3.46. The van der Waals surface area contributed by atoms with E-state index >= 15 is 0 Å². The number of nitrogens with one attached hydrogen (secondary N) is 1. The van der Waals surface area contributed by atoms with Crippen molar-refractivity contribution in [3.63, 3.8) is 0 Å². The minimum Gasteiger partial charge on any atom is -0.393 e. The van der Waals surface area contributed by atoms with E-state index in [2.05, 4.69) is 5.32 Å². The Morgan fingerprint density at radius 2 is 1.91 bits per heavy atom. The third kappa shape index (κ3) is 1.18. The fraction of sp³-hybridized carbons (Fsp3) is 1.00. The highest BCUT2D eigenvalue weighted by Gasteiger charge is 2.42. The molecule has 1 aliphatic heterocycles. The van der Waals surface area contributed by atoms with Gasteiger partial charge in [0.2, 0.25) is 0 Å². The molecule has 11 heavy (non-hydrogen) atoms. The standard InChI is InChI=1S/C9H17NO/c11-8-2-1-3-9(8)4-6-10-7-5-9/h8,10-11H,1-7H2/t8-/m0/s1. The average molecular weight is 155 g/mol. The highest BCUT2D eigenvalue weighted by molar-refractivity contribution is 4.94. The van der Waals surface area contributed by atoms with Gasteiger partial charge in [-0.2, -0.15) is 0 Å². The largest absolute Gasteiger partial charge is 0.393 e. The number of piperidine rings is 1. The number of aliphatic hydroxyl groups is 1. The summed E-state index contributed by atoms with van der Waals surface area (Å²) in [6.07, 6.45) is 5.92. The number of hydrogen-bond acceptors (Lipinski definition) is 2. The lowest BCUT2D eigenvalue weighted by Gasteiger charge is -2.36. The van der Waals surface area contributed by atoms with Gasteiger partial charge >= 0.3 is 0 Å². The normalized spacial score (nSPS) is 36.3. The van der Waals surface area contributed by atoms with Crippen molar-refractivity contribution < 1.29 is 5.11 Å². The molecular formula is C9H17NO. The maximum Gasteiger partial charge on any atom is 0.0597 e. The molecule has 2 nitrogen and oxygen atoms in total. The highest BCUT2D eigenvalue weighted by Crippen LogP contribution is 2.44. The summed E-state index contributed by atoms with van der Waals surface area (Å²) in [6, 6.07) is 0. The SMILES string of the molecule is O[C@H]1CCCC12CCNCC2. The zero-order valence-corrected chi connectivity index (χ0v) is 6.97. The van der Waals surface area contributed by atoms with Crippen molar-refractivity contribution in [1.29, 1.82) is 0 Å². The van der Waals surface area contributed by atoms with Crippen LogP contribution in [-0.2, 0) is 0 Å². The van der Waals surface area contributed by atoms with Gasteiger partial charge in [-0.3, -0.25) is 0 Å². The molecule has 1 spiro atoms. The first kappa shape index (κ1) is 7.56. The molecular weight excluding hydrogens is 138 g/mol. The third-order valence-electron chi connectivity index (χ3n) is 3.46. The summed E-state index contributed by atoms with van der Waals surface area (Å²) in [5, 5.41) is 13.1. The van der Waals surface area contributed by atoms with Gasteiger partial charge in [-0.25, -0.2) is 0 Å². The molecule has 1 saturated heterocycles. The topological polar surface area (TPSA) is 32.3 Å². The molecule has 2 fully saturated rings. The second-order valence-corrected chi connectivity index (χ2v) is 4.02. The molecule has 0 aromatic rings. The van der Waals surface area contributed by atoms with Crippen LogP contribution in [0.5, 0.6) is 0 Å². The van der Waals surface area contributed by atoms with E-state index in [9.17, 15) is 5.11 Å². The average Bonchev–Trinajstić information content (AvgIpc) is 2.36. The van der Waals surface area contributed by atoms with Crippen LogP contribution in [0.4, 0.5) is 0 Å². The Morgan fingerprint density at radius 3 is 2.45 bits per heavy atom. The van der Waals surface area contributed by atoms with E-state index in [-0.39, 0.29) is 6.10 Å². The first-order valence-corrected chi connectivity index (χ1v) is 4.72. The molecule has 0 amide bonds. The zero-order chi connectivity index (χ0) is 7.73. The molecule has 0 unspecified atom stereocenters. The summed E-state index contributed by atoms with van der Waals surface area (Å²) in [5.74, 6) is 0. The smallest absolute Gasteiger partial charge is 0.0597 e. The first-order valence-electron chi connectivity index (χ1n) is 4.72. The van der Waals surface area contributed by atoms with Gasteiger partial charge < -0.3 is 10.4 Å². The van der Waals surface area contributed by atoms with Crippen LogP contribution in [0.15, 0.2) is 0 Å². The molecule has 1 aliphatic carbocycles. The first-order chi connectivity index (χ1) is 5.33. The maximum atomic E-state index is 9.78. The zero-order valence-electron chi connectivity index (χ0n) is 6.97. The van der Waals surface area contributed by atoms with Crippen LogP contribution in [0.2, 0.25) is 0 Å². The molecule has 1 saturated carbocycles. The van der Waals surface area contributed by atoms with Crippen molar-refractivity contribution in [3.05, 3.63) is 0 Å². The molecule has 1 heterocycles. The van der Waals surface area contributed by atoms with Crippen LogP contribution in [0.3, 0.4) is 0 Å². The van der Waals surface area contributed by atoms with Gasteiger partial charge in [0.05, 0.1) is 6.10 Å². The van der Waals surface area contributed by atoms with Crippen LogP contribution in [0.25, 0.3) is 0 Å². The molecule has 2 N–H and O–H groups in total. The fourth-order valence-corrected chi connectivity index (χ4v) is 2.63. The van der Waals surface area contributed by atoms with Crippen molar-refractivity contribution in [2.45, 2.75) is 38.2 Å². The van der Waals surface area contributed by atoms with E-state index in [0.29, 0.717) is 5.41 Å². The quantitative estimate of drug-likeness (QED) is 0.545. The Morgan fingerprint density at radius 1 is 1.18 bits per heavy atom. The Hall–Kier alpha value is -0.0800. The number of hydrogen-bond donors (Lipinski definition) is 2. The minimum absolute atomic E-state index is 0.00426. The van der Waals surface area contributed by atoms with Crippen LogP contribution >= 0.6 is 0 Å². The van der Waals surface area contributed by atoms with E-state index in [1.807, 2.05) is 0 Å². The lowest BCUT2D eigenvalue weighted by atomic mass is 9.76. The summed E-state index contributed by atoms with van der Waals surface area (Å²) < 4.78 is 0. The number of aliphatic hydroxyl groups excluding tert-OH is 1. The Kier molecular flexibility index (Phi) is 1.90. The van der Waals surface area contributed by atoms with Gasteiger partial charge in [0.15, 0.2) is 0 Å². The highest BCUT2D eigenvalue weighted by atomic mass is 16.3. The molecule has 2 rings (SSSR count). The van der Waals surface area contributed by atoms with Gasteiger partial charge in [-0.1, -0.05) is 6.42 Å². The van der Waals surface area contributed by atoms with Crippen molar-refractivity contribution in [3.8, 4) is 0 Å². The summed E-state index contributed by atoms with van der Waals surface area (Å²) in [5.41, 5.74) is 0.325. The van der Waals surface area contributed by atoms with Crippen LogP contribution < -0.4 is 5.32 Å². The van der Waals surface area contributed by atoms with Gasteiger partial charge in [-0.15, -0.1) is 0 Å². The maximum absolute atomic E-state index is 9.78. The van der Waals surface area contributed by atoms with E-state index < -0.39 is 0 Å². The molecule has 2 aliphatic rings. The molecule has 0 radical (unpaired) electrons. The molecule has 2 heteroatoms. The van der Waals surface area contributed by atoms with Crippen molar-refractivity contribution in [1.82, 2.24) is 5.32 Å². The van der Waals surface area contributed by atoms with E-state index in [4.69, 9.17) is 0 Å². The van der Waals surface area contributed by atoms with Gasteiger partial charge in [0.1, 0.15) is 0 Å². The van der Waals surface area contributed by atoms with E-state index in [1.165, 1.54) is 25.7 Å². The minimum atomic E-state index is 0.00426.